The van der Waals surface area contributed by atoms with E-state index in [1.54, 1.807) is 31.3 Å². The Morgan fingerprint density at radius 2 is 2.09 bits per heavy atom. The molecule has 0 fully saturated rings. The molecule has 2 rings (SSSR count). The molecule has 2 atom stereocenters. The Balaban J connectivity index is 2.30. The van der Waals surface area contributed by atoms with Gasteiger partial charge in [0, 0.05) is 23.9 Å². The lowest BCUT2D eigenvalue weighted by molar-refractivity contribution is -0.140. The summed E-state index contributed by atoms with van der Waals surface area (Å²) < 4.78 is 0. The number of para-hydroxylation sites is 1. The van der Waals surface area contributed by atoms with E-state index in [2.05, 4.69) is 10.3 Å². The van der Waals surface area contributed by atoms with Gasteiger partial charge in [0.1, 0.15) is 6.04 Å². The quantitative estimate of drug-likeness (QED) is 0.878. The van der Waals surface area contributed by atoms with Crippen LogP contribution in [0.3, 0.4) is 0 Å². The van der Waals surface area contributed by atoms with Gasteiger partial charge in [0.15, 0.2) is 0 Å². The first-order valence-electron chi connectivity index (χ1n) is 6.79. The van der Waals surface area contributed by atoms with Crippen molar-refractivity contribution in [3.05, 3.63) is 42.1 Å². The highest BCUT2D eigenvalue weighted by atomic mass is 16.4. The van der Waals surface area contributed by atoms with Gasteiger partial charge in [-0.2, -0.15) is 5.26 Å². The number of amides is 1. The molecule has 0 aliphatic carbocycles. The number of carboxylic acids is 1. The Labute approximate surface area is 127 Å². The molecule has 6 nitrogen and oxygen atoms in total. The van der Waals surface area contributed by atoms with Crippen molar-refractivity contribution in [2.24, 2.45) is 5.92 Å². The van der Waals surface area contributed by atoms with Crippen LogP contribution in [0, 0.1) is 17.2 Å². The molecule has 0 aliphatic heterocycles. The molecule has 1 amide bonds. The van der Waals surface area contributed by atoms with Crippen LogP contribution in [0.15, 0.2) is 36.5 Å². The SMILES string of the molecule is C[C@H](CC#N)[C@H](NC(=O)c1cccc2cccnc12)C(=O)O. The predicted octanol–water partition coefficient (Wildman–Crippen LogP) is 1.97. The van der Waals surface area contributed by atoms with Crippen LogP contribution in [0.2, 0.25) is 0 Å². The zero-order chi connectivity index (χ0) is 16.1. The normalized spacial score (nSPS) is 13.1. The van der Waals surface area contributed by atoms with Crippen LogP contribution < -0.4 is 5.32 Å². The summed E-state index contributed by atoms with van der Waals surface area (Å²) in [6.07, 6.45) is 1.62. The second-order valence-corrected chi connectivity index (χ2v) is 5.01. The summed E-state index contributed by atoms with van der Waals surface area (Å²) in [4.78, 5) is 27.9. The maximum atomic E-state index is 12.4. The third-order valence-corrected chi connectivity index (χ3v) is 3.41. The largest absolute Gasteiger partial charge is 0.480 e. The summed E-state index contributed by atoms with van der Waals surface area (Å²) in [5.41, 5.74) is 0.827. The lowest BCUT2D eigenvalue weighted by Gasteiger charge is -2.19. The fourth-order valence-electron chi connectivity index (χ4n) is 2.22. The lowest BCUT2D eigenvalue weighted by atomic mass is 9.98. The van der Waals surface area contributed by atoms with Gasteiger partial charge in [-0.3, -0.25) is 9.78 Å². The minimum atomic E-state index is -1.16. The second kappa shape index (κ2) is 6.68. The number of fused-ring (bicyclic) bond motifs is 1. The number of aromatic nitrogens is 1. The number of pyridine rings is 1. The monoisotopic (exact) mass is 297 g/mol. The second-order valence-electron chi connectivity index (χ2n) is 5.01. The third kappa shape index (κ3) is 3.20. The molecule has 6 heteroatoms. The van der Waals surface area contributed by atoms with Gasteiger partial charge >= 0.3 is 5.97 Å². The average molecular weight is 297 g/mol. The topological polar surface area (TPSA) is 103 Å². The highest BCUT2D eigenvalue weighted by Crippen LogP contribution is 2.17. The minimum Gasteiger partial charge on any atom is -0.480 e. The van der Waals surface area contributed by atoms with Crippen molar-refractivity contribution in [2.45, 2.75) is 19.4 Å². The number of benzene rings is 1. The van der Waals surface area contributed by atoms with E-state index >= 15 is 0 Å². The van der Waals surface area contributed by atoms with Crippen LogP contribution in [0.1, 0.15) is 23.7 Å². The van der Waals surface area contributed by atoms with Gasteiger partial charge in [0.2, 0.25) is 0 Å². The first-order chi connectivity index (χ1) is 10.5. The molecular formula is C16H15N3O3. The summed E-state index contributed by atoms with van der Waals surface area (Å²) in [7, 11) is 0. The number of aliphatic carboxylic acids is 1. The molecule has 1 heterocycles. The van der Waals surface area contributed by atoms with E-state index in [1.165, 1.54) is 0 Å². The van der Waals surface area contributed by atoms with Gasteiger partial charge < -0.3 is 10.4 Å². The number of hydrogen-bond donors (Lipinski definition) is 2. The van der Waals surface area contributed by atoms with Crippen molar-refractivity contribution in [1.82, 2.24) is 10.3 Å². The number of nitrogens with one attached hydrogen (secondary N) is 1. The number of rotatable bonds is 5. The molecule has 0 unspecified atom stereocenters. The number of carboxylic acid groups (broad SMARTS) is 1. The van der Waals surface area contributed by atoms with Crippen molar-refractivity contribution < 1.29 is 14.7 Å². The molecule has 0 saturated heterocycles. The number of carbonyl (C=O) groups excluding carboxylic acids is 1. The molecular weight excluding hydrogens is 282 g/mol. The molecule has 0 saturated carbocycles. The molecule has 0 spiro atoms. The lowest BCUT2D eigenvalue weighted by Crippen LogP contribution is -2.45. The van der Waals surface area contributed by atoms with Crippen molar-refractivity contribution in [2.75, 3.05) is 0 Å². The summed E-state index contributed by atoms with van der Waals surface area (Å²) in [5, 5.41) is 21.2. The summed E-state index contributed by atoms with van der Waals surface area (Å²) in [5.74, 6) is -2.17. The number of carbonyl (C=O) groups is 2. The standard InChI is InChI=1S/C16H15N3O3/c1-10(7-8-17)13(16(21)22)19-15(20)12-6-2-4-11-5-3-9-18-14(11)12/h2-6,9-10,13H,7H2,1H3,(H,19,20)(H,21,22)/t10-,13+/m1/s1. The van der Waals surface area contributed by atoms with Gasteiger partial charge in [-0.05, 0) is 12.1 Å². The zero-order valence-electron chi connectivity index (χ0n) is 12.0. The summed E-state index contributed by atoms with van der Waals surface area (Å²) in [6, 6.07) is 9.52. The van der Waals surface area contributed by atoms with Crippen molar-refractivity contribution in [3.63, 3.8) is 0 Å². The van der Waals surface area contributed by atoms with Crippen molar-refractivity contribution >= 4 is 22.8 Å². The molecule has 2 N–H and O–H groups in total. The Morgan fingerprint density at radius 3 is 2.77 bits per heavy atom. The molecule has 1 aromatic carbocycles. The molecule has 0 bridgehead atoms. The first kappa shape index (κ1) is 15.4. The summed E-state index contributed by atoms with van der Waals surface area (Å²) in [6.45, 7) is 1.61. The van der Waals surface area contributed by atoms with E-state index in [4.69, 9.17) is 5.26 Å². The number of nitrogens with zero attached hydrogens (tertiary/aromatic N) is 2. The Bertz CT molecular complexity index is 746. The van der Waals surface area contributed by atoms with E-state index in [-0.39, 0.29) is 6.42 Å². The number of hydrogen-bond acceptors (Lipinski definition) is 4. The fourth-order valence-corrected chi connectivity index (χ4v) is 2.22. The maximum Gasteiger partial charge on any atom is 0.326 e. The highest BCUT2D eigenvalue weighted by molar-refractivity contribution is 6.06. The molecule has 112 valence electrons. The maximum absolute atomic E-state index is 12.4. The Hall–Kier alpha value is -2.94. The smallest absolute Gasteiger partial charge is 0.326 e. The van der Waals surface area contributed by atoms with Crippen LogP contribution in [0.4, 0.5) is 0 Å². The van der Waals surface area contributed by atoms with Gasteiger partial charge in [-0.15, -0.1) is 0 Å². The summed E-state index contributed by atoms with van der Waals surface area (Å²) >= 11 is 0. The van der Waals surface area contributed by atoms with Crippen LogP contribution in [0.5, 0.6) is 0 Å². The van der Waals surface area contributed by atoms with Crippen LogP contribution in [0.25, 0.3) is 10.9 Å². The predicted molar refractivity (Wildman–Crippen MR) is 80.0 cm³/mol. The van der Waals surface area contributed by atoms with Crippen LogP contribution in [-0.2, 0) is 4.79 Å². The first-order valence-corrected chi connectivity index (χ1v) is 6.79. The number of nitriles is 1. The van der Waals surface area contributed by atoms with Crippen molar-refractivity contribution in [1.29, 1.82) is 5.26 Å². The Kier molecular flexibility index (Phi) is 4.69. The van der Waals surface area contributed by atoms with Crippen LogP contribution in [-0.4, -0.2) is 28.0 Å². The van der Waals surface area contributed by atoms with Gasteiger partial charge in [-0.1, -0.05) is 25.1 Å². The Morgan fingerprint density at radius 1 is 1.36 bits per heavy atom. The molecule has 0 aliphatic rings. The molecule has 22 heavy (non-hydrogen) atoms. The van der Waals surface area contributed by atoms with Crippen LogP contribution >= 0.6 is 0 Å². The average Bonchev–Trinajstić information content (AvgIpc) is 2.51. The van der Waals surface area contributed by atoms with E-state index in [1.807, 2.05) is 18.2 Å². The zero-order valence-corrected chi connectivity index (χ0v) is 12.0. The van der Waals surface area contributed by atoms with E-state index in [0.717, 1.165) is 5.39 Å². The fraction of sp³-hybridized carbons (Fsp3) is 0.250. The van der Waals surface area contributed by atoms with E-state index in [0.29, 0.717) is 11.1 Å². The highest BCUT2D eigenvalue weighted by Gasteiger charge is 2.27. The minimum absolute atomic E-state index is 0.0467. The molecule has 0 radical (unpaired) electrons. The molecule has 1 aromatic heterocycles. The van der Waals surface area contributed by atoms with Crippen molar-refractivity contribution in [3.8, 4) is 6.07 Å². The van der Waals surface area contributed by atoms with Gasteiger partial charge in [0.05, 0.1) is 17.1 Å². The van der Waals surface area contributed by atoms with E-state index < -0.39 is 23.8 Å². The van der Waals surface area contributed by atoms with Gasteiger partial charge in [0.25, 0.3) is 5.91 Å². The van der Waals surface area contributed by atoms with E-state index in [9.17, 15) is 14.7 Å². The van der Waals surface area contributed by atoms with Gasteiger partial charge in [-0.25, -0.2) is 4.79 Å². The molecule has 2 aromatic rings. The third-order valence-electron chi connectivity index (χ3n) is 3.41.